The number of hydrogen-bond donors (Lipinski definition) is 2. The Morgan fingerprint density at radius 1 is 1.00 bits per heavy atom. The van der Waals surface area contributed by atoms with E-state index < -0.39 is 10.0 Å². The molecule has 0 aliphatic heterocycles. The first-order chi connectivity index (χ1) is 9.27. The lowest BCUT2D eigenvalue weighted by Gasteiger charge is -2.20. The van der Waals surface area contributed by atoms with Crippen LogP contribution in [0.5, 0.6) is 0 Å². The van der Waals surface area contributed by atoms with Gasteiger partial charge in [-0.05, 0) is 37.3 Å². The number of aryl methyl sites for hydroxylation is 1. The highest BCUT2D eigenvalue weighted by Crippen LogP contribution is 2.28. The smallest absolute Gasteiger partial charge is 0.238 e. The molecule has 0 aliphatic carbocycles. The van der Waals surface area contributed by atoms with Crippen molar-refractivity contribution < 1.29 is 8.42 Å². The number of primary sulfonamides is 1. The largest absolute Gasteiger partial charge is 0.399 e. The molecule has 0 unspecified atom stereocenters. The van der Waals surface area contributed by atoms with Crippen molar-refractivity contribution in [1.82, 2.24) is 0 Å². The monoisotopic (exact) mass is 291 g/mol. The minimum atomic E-state index is -3.78. The summed E-state index contributed by atoms with van der Waals surface area (Å²) in [5, 5.41) is 5.15. The van der Waals surface area contributed by atoms with Crippen molar-refractivity contribution in [3.05, 3.63) is 48.0 Å². The van der Waals surface area contributed by atoms with Crippen LogP contribution in [-0.4, -0.2) is 15.5 Å². The van der Waals surface area contributed by atoms with Crippen molar-refractivity contribution in [2.45, 2.75) is 11.8 Å². The summed E-state index contributed by atoms with van der Waals surface area (Å²) in [5.74, 6) is 0. The fraction of sp³-hybridized carbons (Fsp3) is 0.143. The minimum Gasteiger partial charge on any atom is -0.399 e. The second-order valence-electron chi connectivity index (χ2n) is 4.70. The van der Waals surface area contributed by atoms with Crippen LogP contribution in [-0.2, 0) is 10.0 Å². The van der Waals surface area contributed by atoms with E-state index in [1.54, 1.807) is 6.07 Å². The van der Waals surface area contributed by atoms with E-state index in [1.807, 2.05) is 43.1 Å². The number of hydrogen-bond acceptors (Lipinski definition) is 4. The molecule has 0 radical (unpaired) electrons. The third-order valence-corrected chi connectivity index (χ3v) is 3.94. The molecular weight excluding hydrogens is 274 g/mol. The van der Waals surface area contributed by atoms with Crippen LogP contribution in [0.4, 0.5) is 17.1 Å². The highest BCUT2D eigenvalue weighted by molar-refractivity contribution is 7.89. The first-order valence-corrected chi connectivity index (χ1v) is 7.56. The molecule has 0 amide bonds. The van der Waals surface area contributed by atoms with Crippen molar-refractivity contribution in [2.24, 2.45) is 5.14 Å². The molecule has 0 fully saturated rings. The summed E-state index contributed by atoms with van der Waals surface area (Å²) in [7, 11) is -1.94. The van der Waals surface area contributed by atoms with E-state index in [2.05, 4.69) is 0 Å². The molecule has 20 heavy (non-hydrogen) atoms. The molecule has 0 heterocycles. The van der Waals surface area contributed by atoms with Crippen LogP contribution in [0.15, 0.2) is 47.4 Å². The van der Waals surface area contributed by atoms with E-state index in [0.717, 1.165) is 11.3 Å². The zero-order chi connectivity index (χ0) is 14.9. The molecule has 0 saturated carbocycles. The van der Waals surface area contributed by atoms with Gasteiger partial charge in [0.1, 0.15) is 0 Å². The van der Waals surface area contributed by atoms with Crippen LogP contribution in [0.2, 0.25) is 0 Å². The Labute approximate surface area is 118 Å². The van der Waals surface area contributed by atoms with Gasteiger partial charge in [-0.15, -0.1) is 0 Å². The lowest BCUT2D eigenvalue weighted by atomic mass is 10.2. The topological polar surface area (TPSA) is 89.4 Å². The van der Waals surface area contributed by atoms with Crippen LogP contribution in [0.3, 0.4) is 0 Å². The molecule has 2 rings (SSSR count). The Morgan fingerprint density at radius 3 is 2.15 bits per heavy atom. The normalized spacial score (nSPS) is 11.3. The summed E-state index contributed by atoms with van der Waals surface area (Å²) in [6.07, 6.45) is 0. The van der Waals surface area contributed by atoms with Crippen molar-refractivity contribution in [3.63, 3.8) is 0 Å². The van der Waals surface area contributed by atoms with Crippen LogP contribution >= 0.6 is 0 Å². The summed E-state index contributed by atoms with van der Waals surface area (Å²) >= 11 is 0. The van der Waals surface area contributed by atoms with Crippen LogP contribution in [0, 0.1) is 6.92 Å². The molecule has 6 heteroatoms. The molecule has 0 aliphatic rings. The van der Waals surface area contributed by atoms with Gasteiger partial charge < -0.3 is 10.6 Å². The van der Waals surface area contributed by atoms with Crippen molar-refractivity contribution in [3.8, 4) is 0 Å². The maximum absolute atomic E-state index is 11.4. The Bertz CT molecular complexity index is 725. The van der Waals surface area contributed by atoms with E-state index in [-0.39, 0.29) is 4.90 Å². The van der Waals surface area contributed by atoms with E-state index in [1.165, 1.54) is 12.1 Å². The summed E-state index contributed by atoms with van der Waals surface area (Å²) in [6.45, 7) is 2.00. The van der Waals surface area contributed by atoms with Gasteiger partial charge in [-0.1, -0.05) is 17.7 Å². The predicted molar refractivity (Wildman–Crippen MR) is 81.5 cm³/mol. The maximum atomic E-state index is 11.4. The average molecular weight is 291 g/mol. The summed E-state index contributed by atoms with van der Waals surface area (Å²) in [6, 6.07) is 12.4. The first-order valence-electron chi connectivity index (χ1n) is 6.01. The molecule has 0 atom stereocenters. The number of benzene rings is 2. The lowest BCUT2D eigenvalue weighted by molar-refractivity contribution is 0.598. The quantitative estimate of drug-likeness (QED) is 0.846. The zero-order valence-corrected chi connectivity index (χ0v) is 12.2. The SMILES string of the molecule is Cc1ccc(N(C)c2cc(N)cc(S(N)(=O)=O)c2)cc1. The Kier molecular flexibility index (Phi) is 3.69. The fourth-order valence-corrected chi connectivity index (χ4v) is 2.47. The number of nitrogens with two attached hydrogens (primary N) is 2. The molecule has 0 bridgehead atoms. The third-order valence-electron chi connectivity index (χ3n) is 3.05. The number of anilines is 3. The molecule has 106 valence electrons. The highest BCUT2D eigenvalue weighted by Gasteiger charge is 2.12. The number of sulfonamides is 1. The standard InChI is InChI=1S/C14H17N3O2S/c1-10-3-5-12(6-4-10)17(2)13-7-11(15)8-14(9-13)20(16,18)19/h3-9H,15H2,1-2H3,(H2,16,18,19). The van der Waals surface area contributed by atoms with Crippen LogP contribution in [0.1, 0.15) is 5.56 Å². The van der Waals surface area contributed by atoms with Gasteiger partial charge in [0.25, 0.3) is 0 Å². The summed E-state index contributed by atoms with van der Waals surface area (Å²) in [5.41, 5.74) is 8.85. The van der Waals surface area contributed by atoms with E-state index in [0.29, 0.717) is 11.4 Å². The Hall–Kier alpha value is -2.05. The van der Waals surface area contributed by atoms with Gasteiger partial charge in [0, 0.05) is 24.1 Å². The molecular formula is C14H17N3O2S. The van der Waals surface area contributed by atoms with E-state index in [4.69, 9.17) is 10.9 Å². The van der Waals surface area contributed by atoms with Gasteiger partial charge in [-0.2, -0.15) is 0 Å². The van der Waals surface area contributed by atoms with E-state index >= 15 is 0 Å². The Morgan fingerprint density at radius 2 is 1.60 bits per heavy atom. The lowest BCUT2D eigenvalue weighted by Crippen LogP contribution is -2.15. The van der Waals surface area contributed by atoms with Gasteiger partial charge >= 0.3 is 0 Å². The van der Waals surface area contributed by atoms with Crippen molar-refractivity contribution >= 4 is 27.1 Å². The van der Waals surface area contributed by atoms with Crippen LogP contribution < -0.4 is 15.8 Å². The van der Waals surface area contributed by atoms with Gasteiger partial charge in [-0.25, -0.2) is 13.6 Å². The minimum absolute atomic E-state index is 0.00598. The summed E-state index contributed by atoms with van der Waals surface area (Å²) in [4.78, 5) is 1.86. The highest BCUT2D eigenvalue weighted by atomic mass is 32.2. The molecule has 2 aromatic rings. The fourth-order valence-electron chi connectivity index (χ4n) is 1.88. The second kappa shape index (κ2) is 5.15. The van der Waals surface area contributed by atoms with Gasteiger partial charge in [0.15, 0.2) is 0 Å². The van der Waals surface area contributed by atoms with Gasteiger partial charge in [0.2, 0.25) is 10.0 Å². The zero-order valence-electron chi connectivity index (χ0n) is 11.4. The first kappa shape index (κ1) is 14.4. The third kappa shape index (κ3) is 3.09. The molecule has 4 N–H and O–H groups in total. The maximum Gasteiger partial charge on any atom is 0.238 e. The van der Waals surface area contributed by atoms with E-state index in [9.17, 15) is 8.42 Å². The van der Waals surface area contributed by atoms with Gasteiger partial charge in [-0.3, -0.25) is 0 Å². The predicted octanol–water partition coefficient (Wildman–Crippen LogP) is 1.99. The molecule has 0 saturated heterocycles. The number of nitrogen functional groups attached to an aromatic ring is 1. The molecule has 0 spiro atoms. The van der Waals surface area contributed by atoms with Crippen molar-refractivity contribution in [1.29, 1.82) is 0 Å². The Balaban J connectivity index is 2.47. The number of rotatable bonds is 3. The number of nitrogens with zero attached hydrogens (tertiary/aromatic N) is 1. The van der Waals surface area contributed by atoms with Crippen molar-refractivity contribution in [2.75, 3.05) is 17.7 Å². The second-order valence-corrected chi connectivity index (χ2v) is 6.26. The molecule has 2 aromatic carbocycles. The average Bonchev–Trinajstić information content (AvgIpc) is 2.37. The molecule has 5 nitrogen and oxygen atoms in total. The van der Waals surface area contributed by atoms with Crippen LogP contribution in [0.25, 0.3) is 0 Å². The summed E-state index contributed by atoms with van der Waals surface area (Å²) < 4.78 is 22.9. The van der Waals surface area contributed by atoms with Gasteiger partial charge in [0.05, 0.1) is 4.90 Å². The molecule has 0 aromatic heterocycles.